The standard InChI is InChI=1S/C12H17NO2S4/c1-9-4-6-12(7-5-9)19(14,15)13-18-10(2)16-8-17-11(18)3/h4-7,10-11H,8H2,1-3H3/t10-,11+,18?. The van der Waals surface area contributed by atoms with E-state index in [9.17, 15) is 8.42 Å². The van der Waals surface area contributed by atoms with Gasteiger partial charge in [0.2, 0.25) is 0 Å². The van der Waals surface area contributed by atoms with Gasteiger partial charge in [0.05, 0.1) is 14.1 Å². The van der Waals surface area contributed by atoms with Crippen molar-refractivity contribution in [2.75, 3.05) is 5.08 Å². The Labute approximate surface area is 126 Å². The second kappa shape index (κ2) is 6.20. The predicted molar refractivity (Wildman–Crippen MR) is 87.1 cm³/mol. The van der Waals surface area contributed by atoms with Crippen molar-refractivity contribution in [3.63, 3.8) is 0 Å². The maximum Gasteiger partial charge on any atom is 0.287 e. The average molecular weight is 336 g/mol. The largest absolute Gasteiger partial charge is 0.287 e. The Morgan fingerprint density at radius 3 is 2.21 bits per heavy atom. The van der Waals surface area contributed by atoms with E-state index in [1.807, 2.05) is 19.1 Å². The van der Waals surface area contributed by atoms with Crippen LogP contribution in [0.4, 0.5) is 0 Å². The molecule has 106 valence electrons. The van der Waals surface area contributed by atoms with Gasteiger partial charge in [0, 0.05) is 5.08 Å². The molecule has 0 spiro atoms. The molecule has 19 heavy (non-hydrogen) atoms. The Bertz CT molecular complexity index is 568. The summed E-state index contributed by atoms with van der Waals surface area (Å²) in [6.45, 7) is 6.07. The van der Waals surface area contributed by atoms with Gasteiger partial charge in [-0.25, -0.2) is 0 Å². The summed E-state index contributed by atoms with van der Waals surface area (Å²) in [7, 11) is -3.98. The quantitative estimate of drug-likeness (QED) is 0.828. The third-order valence-electron chi connectivity index (χ3n) is 2.79. The third kappa shape index (κ3) is 3.77. The molecule has 1 heterocycles. The lowest BCUT2D eigenvalue weighted by atomic mass is 10.2. The highest BCUT2D eigenvalue weighted by Crippen LogP contribution is 2.36. The van der Waals surface area contributed by atoms with E-state index in [0.29, 0.717) is 4.90 Å². The number of thioether (sulfide) groups is 2. The van der Waals surface area contributed by atoms with Crippen molar-refractivity contribution in [1.29, 1.82) is 0 Å². The van der Waals surface area contributed by atoms with Gasteiger partial charge in [0.25, 0.3) is 10.0 Å². The summed E-state index contributed by atoms with van der Waals surface area (Å²) in [5.41, 5.74) is 1.05. The Kier molecular flexibility index (Phi) is 5.03. The van der Waals surface area contributed by atoms with Gasteiger partial charge < -0.3 is 0 Å². The molecule has 1 saturated heterocycles. The zero-order valence-electron chi connectivity index (χ0n) is 11.1. The van der Waals surface area contributed by atoms with Crippen LogP contribution in [0.1, 0.15) is 19.4 Å². The number of benzene rings is 1. The number of hydrogen-bond acceptors (Lipinski definition) is 4. The van der Waals surface area contributed by atoms with Crippen LogP contribution in [0.3, 0.4) is 0 Å². The van der Waals surface area contributed by atoms with Crippen molar-refractivity contribution in [2.24, 2.45) is 3.77 Å². The van der Waals surface area contributed by atoms with E-state index in [-0.39, 0.29) is 9.16 Å². The van der Waals surface area contributed by atoms with Crippen LogP contribution in [-0.4, -0.2) is 22.7 Å². The fourth-order valence-corrected chi connectivity index (χ4v) is 10.7. The summed E-state index contributed by atoms with van der Waals surface area (Å²) in [6.07, 6.45) is 0. The normalized spacial score (nSPS) is 28.5. The Morgan fingerprint density at radius 2 is 1.68 bits per heavy atom. The van der Waals surface area contributed by atoms with Crippen LogP contribution in [-0.2, 0) is 20.7 Å². The first kappa shape index (κ1) is 15.4. The van der Waals surface area contributed by atoms with Gasteiger partial charge in [-0.15, -0.1) is 27.3 Å². The van der Waals surface area contributed by atoms with E-state index in [4.69, 9.17) is 0 Å². The molecule has 0 bridgehead atoms. The molecule has 1 unspecified atom stereocenters. The lowest BCUT2D eigenvalue weighted by Gasteiger charge is -2.26. The van der Waals surface area contributed by atoms with Crippen LogP contribution < -0.4 is 0 Å². The monoisotopic (exact) mass is 335 g/mol. The maximum atomic E-state index is 12.3. The number of hydrogen-bond donors (Lipinski definition) is 0. The topological polar surface area (TPSA) is 46.5 Å². The summed E-state index contributed by atoms with van der Waals surface area (Å²) in [6, 6.07) is 6.89. The van der Waals surface area contributed by atoms with Crippen molar-refractivity contribution in [3.05, 3.63) is 29.8 Å². The molecule has 0 radical (unpaired) electrons. The first-order chi connectivity index (χ1) is 8.90. The number of aryl methyl sites for hydroxylation is 1. The zero-order valence-corrected chi connectivity index (χ0v) is 14.3. The van der Waals surface area contributed by atoms with Gasteiger partial charge in [0.1, 0.15) is 0 Å². The summed E-state index contributed by atoms with van der Waals surface area (Å²) < 4.78 is 29.4. The van der Waals surface area contributed by atoms with Crippen LogP contribution in [0.25, 0.3) is 0 Å². The molecule has 0 aromatic heterocycles. The minimum atomic E-state index is -3.53. The van der Waals surface area contributed by atoms with E-state index in [2.05, 4.69) is 17.6 Å². The van der Waals surface area contributed by atoms with Gasteiger partial charge in [-0.05, 0) is 32.9 Å². The molecule has 7 heteroatoms. The molecule has 2 rings (SSSR count). The van der Waals surface area contributed by atoms with Gasteiger partial charge in [-0.3, -0.25) is 0 Å². The van der Waals surface area contributed by atoms with Gasteiger partial charge >= 0.3 is 0 Å². The number of rotatable bonds is 2. The highest BCUT2D eigenvalue weighted by Gasteiger charge is 2.25. The highest BCUT2D eigenvalue weighted by atomic mass is 32.3. The Hall–Kier alpha value is 0.0200. The molecular weight excluding hydrogens is 318 g/mol. The molecule has 0 aliphatic carbocycles. The molecule has 3 atom stereocenters. The van der Waals surface area contributed by atoms with Gasteiger partial charge in [-0.1, -0.05) is 28.4 Å². The second-order valence-electron chi connectivity index (χ2n) is 4.30. The molecule has 0 N–H and O–H groups in total. The van der Waals surface area contributed by atoms with E-state index in [0.717, 1.165) is 10.6 Å². The molecule has 1 aromatic rings. The van der Waals surface area contributed by atoms with Crippen molar-refractivity contribution in [3.8, 4) is 0 Å². The van der Waals surface area contributed by atoms with Crippen molar-refractivity contribution in [1.82, 2.24) is 0 Å². The molecule has 1 aromatic carbocycles. The summed E-state index contributed by atoms with van der Waals surface area (Å²) in [4.78, 5) is 0.297. The van der Waals surface area contributed by atoms with Gasteiger partial charge in [0.15, 0.2) is 0 Å². The number of nitrogens with zero attached hydrogens (tertiary/aromatic N) is 1. The lowest BCUT2D eigenvalue weighted by Crippen LogP contribution is -2.22. The molecule has 1 aliphatic heterocycles. The van der Waals surface area contributed by atoms with Crippen LogP contribution >= 0.6 is 23.5 Å². The summed E-state index contributed by atoms with van der Waals surface area (Å²) in [5.74, 6) is 0. The highest BCUT2D eigenvalue weighted by molar-refractivity contribution is 8.30. The van der Waals surface area contributed by atoms with Crippen LogP contribution in [0, 0.1) is 6.92 Å². The molecule has 1 fully saturated rings. The summed E-state index contributed by atoms with van der Waals surface area (Å²) in [5, 5.41) is 1.02. The average Bonchev–Trinajstić information content (AvgIpc) is 2.35. The van der Waals surface area contributed by atoms with Crippen LogP contribution in [0.5, 0.6) is 0 Å². The molecular formula is C12H17NO2S4. The van der Waals surface area contributed by atoms with E-state index in [1.54, 1.807) is 35.7 Å². The lowest BCUT2D eigenvalue weighted by molar-refractivity contribution is 0.598. The SMILES string of the molecule is Cc1ccc(S(=O)(=O)N=S2[C@H](C)SCS[C@@H]2C)cc1. The third-order valence-corrected chi connectivity index (χ3v) is 10.5. The molecule has 3 nitrogen and oxygen atoms in total. The maximum absolute atomic E-state index is 12.3. The minimum absolute atomic E-state index is 0.275. The fraction of sp³-hybridized carbons (Fsp3) is 0.500. The van der Waals surface area contributed by atoms with E-state index >= 15 is 0 Å². The minimum Gasteiger partial charge on any atom is -0.199 e. The van der Waals surface area contributed by atoms with E-state index < -0.39 is 20.7 Å². The zero-order chi connectivity index (χ0) is 14.0. The van der Waals surface area contributed by atoms with Crippen molar-refractivity contribution < 1.29 is 8.42 Å². The fourth-order valence-electron chi connectivity index (χ4n) is 1.63. The van der Waals surface area contributed by atoms with E-state index in [1.165, 1.54) is 0 Å². The number of sulfonamides is 1. The van der Waals surface area contributed by atoms with Crippen LogP contribution in [0.15, 0.2) is 32.9 Å². The van der Waals surface area contributed by atoms with Crippen molar-refractivity contribution >= 4 is 44.2 Å². The summed E-state index contributed by atoms with van der Waals surface area (Å²) >= 11 is 3.57. The first-order valence-electron chi connectivity index (χ1n) is 5.90. The molecule has 1 aliphatic rings. The molecule has 0 saturated carbocycles. The van der Waals surface area contributed by atoms with Crippen LogP contribution in [0.2, 0.25) is 0 Å². The first-order valence-corrected chi connectivity index (χ1v) is 10.7. The smallest absolute Gasteiger partial charge is 0.199 e. The Morgan fingerprint density at radius 1 is 1.16 bits per heavy atom. The van der Waals surface area contributed by atoms with Gasteiger partial charge in [-0.2, -0.15) is 8.42 Å². The second-order valence-corrected chi connectivity index (χ2v) is 12.0. The molecule has 0 amide bonds. The predicted octanol–water partition coefficient (Wildman–Crippen LogP) is 3.62. The van der Waals surface area contributed by atoms with Crippen molar-refractivity contribution in [2.45, 2.75) is 34.8 Å². The Balaban J connectivity index is 2.37.